The molecule has 11 heteroatoms. The number of rotatable bonds is 1. The van der Waals surface area contributed by atoms with E-state index in [9.17, 15) is 4.79 Å². The van der Waals surface area contributed by atoms with E-state index >= 15 is 0 Å². The Morgan fingerprint density at radius 1 is 1.20 bits per heavy atom. The summed E-state index contributed by atoms with van der Waals surface area (Å²) in [7, 11) is 0. The number of carbonyl (C=O) groups is 1. The van der Waals surface area contributed by atoms with Crippen LogP contribution in [0.1, 0.15) is 15.3 Å². The molecule has 0 saturated heterocycles. The molecule has 0 aromatic rings. The minimum absolute atomic E-state index is 0. The second-order valence-corrected chi connectivity index (χ2v) is 2.31. The van der Waals surface area contributed by atoms with Crippen molar-refractivity contribution in [2.24, 2.45) is 0 Å². The molecule has 0 bridgehead atoms. The van der Waals surface area contributed by atoms with Gasteiger partial charge in [0.1, 0.15) is 0 Å². The number of carbonyl (C=O) groups excluding carboxylic acids is 1. The molecule has 15 heavy (non-hydrogen) atoms. The Morgan fingerprint density at radius 3 is 1.40 bits per heavy atom. The monoisotopic (exact) mass is 276 g/mol. The first kappa shape index (κ1) is 24.7. The van der Waals surface area contributed by atoms with Crippen LogP contribution < -0.4 is 29.6 Å². The third-order valence-electron chi connectivity index (χ3n) is 0.348. The van der Waals surface area contributed by atoms with Gasteiger partial charge in [0.2, 0.25) is 0 Å². The Labute approximate surface area is 116 Å². The minimum Gasteiger partial charge on any atom is -1.00 e. The minimum atomic E-state index is -2.61. The maximum atomic E-state index is 9.82. The zero-order chi connectivity index (χ0) is 12.1. The average Bonchev–Trinajstić information content (AvgIpc) is 1.82. The Kier molecular flexibility index (Phi) is 33.1. The first-order valence-corrected chi connectivity index (χ1v) is 5.09. The number of hydrogen-bond acceptors (Lipinski definition) is 4. The van der Waals surface area contributed by atoms with Gasteiger partial charge in [0.05, 0.1) is 6.61 Å². The summed E-state index contributed by atoms with van der Waals surface area (Å²) in [4.78, 5) is 9.82. The molecule has 0 fully saturated rings. The molecule has 90 valence electrons. The van der Waals surface area contributed by atoms with Crippen molar-refractivity contribution >= 4 is 28.7 Å². The van der Waals surface area contributed by atoms with E-state index in [1.54, 1.807) is 6.92 Å². The summed E-state index contributed by atoms with van der Waals surface area (Å²) in [6, 6.07) is 0. The van der Waals surface area contributed by atoms with Crippen LogP contribution in [-0.2, 0) is 32.3 Å². The van der Waals surface area contributed by atoms with Gasteiger partial charge in [0, 0.05) is 6.92 Å². The molecule has 0 saturated carbocycles. The third-order valence-corrected chi connectivity index (χ3v) is 0.348. The van der Waals surface area contributed by atoms with Crippen LogP contribution in [0.4, 0.5) is 0 Å². The van der Waals surface area contributed by atoms with E-state index in [1.807, 2.05) is 0 Å². The fourth-order valence-corrected chi connectivity index (χ4v) is 0.203. The van der Waals surface area contributed by atoms with E-state index in [2.05, 4.69) is 4.74 Å². The molecule has 8 nitrogen and oxygen atoms in total. The first-order chi connectivity index (χ1) is 6.23. The zero-order valence-corrected chi connectivity index (χ0v) is 12.1. The van der Waals surface area contributed by atoms with E-state index in [0.717, 1.165) is 0 Å². The molecule has 0 aromatic heterocycles. The van der Waals surface area contributed by atoms with E-state index in [1.165, 1.54) is 6.92 Å². The van der Waals surface area contributed by atoms with Crippen LogP contribution in [0.5, 0.6) is 0 Å². The number of esters is 1. The van der Waals surface area contributed by atoms with Crippen LogP contribution in [0.3, 0.4) is 0 Å². The molecular weight excluding hydrogens is 263 g/mol. The van der Waals surface area contributed by atoms with Gasteiger partial charge in [0.15, 0.2) is 0 Å². The van der Waals surface area contributed by atoms with Gasteiger partial charge < -0.3 is 6.16 Å². The van der Waals surface area contributed by atoms with Gasteiger partial charge in [0.25, 0.3) is 22.7 Å². The molecule has 4 N–H and O–H groups in total. The smallest absolute Gasteiger partial charge is 1.00 e. The Morgan fingerprint density at radius 2 is 1.40 bits per heavy atom. The normalized spacial score (nSPS) is 7.73. The van der Waals surface area contributed by atoms with E-state index in [-0.39, 0.29) is 37.0 Å². The molecule has 0 aliphatic heterocycles. The van der Waals surface area contributed by atoms with Crippen LogP contribution in [0, 0.1) is 0 Å². The molecule has 0 spiro atoms. The molecule has 0 rings (SSSR count). The van der Waals surface area contributed by atoms with Gasteiger partial charge in [-0.1, -0.05) is 0 Å². The summed E-state index contributed by atoms with van der Waals surface area (Å²) < 4.78 is 50.1. The quantitative estimate of drug-likeness (QED) is 0.226. The van der Waals surface area contributed by atoms with Gasteiger partial charge in [-0.25, -0.2) is 0 Å². The van der Waals surface area contributed by atoms with Crippen LogP contribution >= 0.6 is 0 Å². The molecule has 0 aliphatic carbocycles. The molecule has 0 unspecified atom stereocenters. The second kappa shape index (κ2) is 20.1. The summed E-state index contributed by atoms with van der Waals surface area (Å²) in [6.07, 6.45) is 0. The van der Waals surface area contributed by atoms with Gasteiger partial charge in [-0.15, -0.1) is 0 Å². The van der Waals surface area contributed by atoms with Crippen LogP contribution in [0.15, 0.2) is 0 Å². The molecule has 0 heterocycles. The Balaban J connectivity index is -0.0000000367. The topological polar surface area (TPSA) is 141 Å². The maximum Gasteiger partial charge on any atom is 1.00 e. The van der Waals surface area contributed by atoms with Crippen LogP contribution in [0.2, 0.25) is 0 Å². The van der Waals surface area contributed by atoms with Crippen molar-refractivity contribution in [3.63, 3.8) is 0 Å². The average molecular weight is 276 g/mol. The van der Waals surface area contributed by atoms with Crippen molar-refractivity contribution in [3.8, 4) is 0 Å². The summed E-state index contributed by atoms with van der Waals surface area (Å²) >= 11 is -5.22. The van der Waals surface area contributed by atoms with Crippen molar-refractivity contribution in [1.29, 1.82) is 0 Å². The molecule has 0 aliphatic rings. The zero-order valence-electron chi connectivity index (χ0n) is 9.45. The summed E-state index contributed by atoms with van der Waals surface area (Å²) in [5, 5.41) is 0. The van der Waals surface area contributed by atoms with Crippen molar-refractivity contribution in [2.75, 3.05) is 6.61 Å². The van der Waals surface area contributed by atoms with Gasteiger partial charge in [-0.3, -0.25) is 23.0 Å². The largest absolute Gasteiger partial charge is 1.00 e. The standard InChI is InChI=1S/C4H8O2.Na.2H2O3S.H/c1-3-6-4(2)5;;2*1-4(2)3;/h3H2,1-2H3;;2*(H2,1,2,3);/q;+1;;;-1. The predicted molar refractivity (Wildman–Crippen MR) is 50.2 cm³/mol. The molecule has 0 aromatic carbocycles. The van der Waals surface area contributed by atoms with Crippen molar-refractivity contribution in [3.05, 3.63) is 0 Å². The van der Waals surface area contributed by atoms with E-state index in [4.69, 9.17) is 26.6 Å². The SMILES string of the molecule is CCOC(C)=O.O=S(O)O.O=S(O)O.[H-].[Na+]. The third kappa shape index (κ3) is 178. The number of ether oxygens (including phenoxy) is 1. The molecule has 0 amide bonds. The molecular formula is C4H13NaO8S2. The maximum absolute atomic E-state index is 9.82. The Bertz CT molecular complexity index is 171. The Hall–Kier alpha value is 0.610. The van der Waals surface area contributed by atoms with E-state index in [0.29, 0.717) is 6.61 Å². The van der Waals surface area contributed by atoms with Crippen molar-refractivity contribution in [1.82, 2.24) is 0 Å². The van der Waals surface area contributed by atoms with Gasteiger partial charge in [-0.05, 0) is 6.92 Å². The first-order valence-electron chi connectivity index (χ1n) is 2.97. The van der Waals surface area contributed by atoms with Crippen molar-refractivity contribution < 1.29 is 67.1 Å². The molecule has 0 atom stereocenters. The van der Waals surface area contributed by atoms with Gasteiger partial charge >= 0.3 is 35.5 Å². The number of hydrogen-bond donors (Lipinski definition) is 4. The summed E-state index contributed by atoms with van der Waals surface area (Å²) in [5.41, 5.74) is 0. The predicted octanol–water partition coefficient (Wildman–Crippen LogP) is -2.95. The fraction of sp³-hybridized carbons (Fsp3) is 0.750. The second-order valence-electron chi connectivity index (χ2n) is 1.39. The van der Waals surface area contributed by atoms with Gasteiger partial charge in [-0.2, -0.15) is 8.42 Å². The van der Waals surface area contributed by atoms with Crippen LogP contribution in [0.25, 0.3) is 0 Å². The molecule has 0 radical (unpaired) electrons. The van der Waals surface area contributed by atoms with Crippen LogP contribution in [-0.4, -0.2) is 39.2 Å². The summed E-state index contributed by atoms with van der Waals surface area (Å²) in [6.45, 7) is 3.65. The summed E-state index contributed by atoms with van der Waals surface area (Å²) in [5.74, 6) is -0.211. The van der Waals surface area contributed by atoms with Crippen molar-refractivity contribution in [2.45, 2.75) is 13.8 Å². The van der Waals surface area contributed by atoms with E-state index < -0.39 is 22.7 Å². The fourth-order valence-electron chi connectivity index (χ4n) is 0.203.